The number of anilines is 1. The first kappa shape index (κ1) is 18.3. The van der Waals surface area contributed by atoms with Gasteiger partial charge in [0.05, 0.1) is 32.4 Å². The van der Waals surface area contributed by atoms with Crippen LogP contribution in [-0.4, -0.2) is 49.6 Å². The minimum absolute atomic E-state index is 0.110. The number of hydrogen-bond acceptors (Lipinski definition) is 5. The van der Waals surface area contributed by atoms with Crippen molar-refractivity contribution in [3.63, 3.8) is 0 Å². The molecule has 146 valence electrons. The van der Waals surface area contributed by atoms with E-state index in [1.54, 1.807) is 32.4 Å². The first-order valence-electron chi connectivity index (χ1n) is 9.98. The predicted octanol–water partition coefficient (Wildman–Crippen LogP) is 2.99. The Hall–Kier alpha value is -2.08. The second-order valence-corrected chi connectivity index (χ2v) is 7.85. The summed E-state index contributed by atoms with van der Waals surface area (Å²) in [5.41, 5.74) is 0.529. The Morgan fingerprint density at radius 1 is 0.926 bits per heavy atom. The third-order valence-electron chi connectivity index (χ3n) is 6.40. The van der Waals surface area contributed by atoms with E-state index in [-0.39, 0.29) is 24.3 Å². The lowest BCUT2D eigenvalue weighted by atomic mass is 9.77. The number of carbonyl (C=O) groups excluding carboxylic acids is 2. The Morgan fingerprint density at radius 2 is 1.59 bits per heavy atom. The fourth-order valence-corrected chi connectivity index (χ4v) is 5.12. The summed E-state index contributed by atoms with van der Waals surface area (Å²) in [6.45, 7) is 0.917. The lowest BCUT2D eigenvalue weighted by molar-refractivity contribution is -0.124. The highest BCUT2D eigenvalue weighted by atomic mass is 16.5. The van der Waals surface area contributed by atoms with Gasteiger partial charge >= 0.3 is 0 Å². The molecule has 2 saturated heterocycles. The van der Waals surface area contributed by atoms with Gasteiger partial charge in [0.15, 0.2) is 0 Å². The van der Waals surface area contributed by atoms with Gasteiger partial charge in [0.25, 0.3) is 5.91 Å². The summed E-state index contributed by atoms with van der Waals surface area (Å²) in [5.74, 6) is 1.57. The van der Waals surface area contributed by atoms with Crippen molar-refractivity contribution in [1.82, 2.24) is 4.90 Å². The molecule has 0 unspecified atom stereocenters. The molecule has 0 aromatic heterocycles. The maximum atomic E-state index is 13.3. The number of nitrogens with zero attached hydrogens (tertiary/aromatic N) is 2. The van der Waals surface area contributed by atoms with Crippen molar-refractivity contribution in [3.05, 3.63) is 18.2 Å². The SMILES string of the molecule is COc1cc(OC)cc(N2C(=O)C[C@H](N3CCC[C@@H]4CCCC[C@H]43)C2=O)c1. The zero-order valence-corrected chi connectivity index (χ0v) is 16.1. The molecule has 3 atom stereocenters. The second-order valence-electron chi connectivity index (χ2n) is 7.85. The van der Waals surface area contributed by atoms with E-state index >= 15 is 0 Å². The van der Waals surface area contributed by atoms with Gasteiger partial charge in [-0.25, -0.2) is 4.90 Å². The average molecular weight is 372 g/mol. The maximum absolute atomic E-state index is 13.3. The number of hydrogen-bond donors (Lipinski definition) is 0. The van der Waals surface area contributed by atoms with Crippen LogP contribution in [0.15, 0.2) is 18.2 Å². The van der Waals surface area contributed by atoms with Gasteiger partial charge in [-0.3, -0.25) is 14.5 Å². The average Bonchev–Trinajstić information content (AvgIpc) is 3.00. The van der Waals surface area contributed by atoms with Crippen LogP contribution in [0, 0.1) is 5.92 Å². The number of amides is 2. The van der Waals surface area contributed by atoms with Crippen LogP contribution >= 0.6 is 0 Å². The van der Waals surface area contributed by atoms with E-state index in [4.69, 9.17) is 9.47 Å². The number of methoxy groups -OCH3 is 2. The normalized spacial score (nSPS) is 29.0. The summed E-state index contributed by atoms with van der Waals surface area (Å²) >= 11 is 0. The van der Waals surface area contributed by atoms with E-state index < -0.39 is 0 Å². The largest absolute Gasteiger partial charge is 0.497 e. The molecular weight excluding hydrogens is 344 g/mol. The molecule has 0 bridgehead atoms. The molecule has 0 N–H and O–H groups in total. The first-order valence-corrected chi connectivity index (χ1v) is 9.98. The summed E-state index contributed by atoms with van der Waals surface area (Å²) in [5, 5.41) is 0. The van der Waals surface area contributed by atoms with Crippen LogP contribution in [0.2, 0.25) is 0 Å². The zero-order valence-electron chi connectivity index (χ0n) is 16.1. The number of rotatable bonds is 4. The van der Waals surface area contributed by atoms with Gasteiger partial charge in [0, 0.05) is 24.2 Å². The third kappa shape index (κ3) is 3.31. The summed E-state index contributed by atoms with van der Waals surface area (Å²) in [4.78, 5) is 29.7. The molecule has 2 heterocycles. The Balaban J connectivity index is 1.60. The van der Waals surface area contributed by atoms with E-state index in [2.05, 4.69) is 4.90 Å². The van der Waals surface area contributed by atoms with Gasteiger partial charge in [-0.1, -0.05) is 12.8 Å². The minimum Gasteiger partial charge on any atom is -0.497 e. The fraction of sp³-hybridized carbons (Fsp3) is 0.619. The predicted molar refractivity (Wildman–Crippen MR) is 102 cm³/mol. The van der Waals surface area contributed by atoms with Gasteiger partial charge in [0.2, 0.25) is 5.91 Å². The molecule has 0 radical (unpaired) electrons. The smallest absolute Gasteiger partial charge is 0.251 e. The molecule has 6 nitrogen and oxygen atoms in total. The quantitative estimate of drug-likeness (QED) is 0.761. The fourth-order valence-electron chi connectivity index (χ4n) is 5.12. The van der Waals surface area contributed by atoms with E-state index in [0.29, 0.717) is 29.1 Å². The van der Waals surface area contributed by atoms with Crippen LogP contribution < -0.4 is 14.4 Å². The van der Waals surface area contributed by atoms with Crippen molar-refractivity contribution in [2.75, 3.05) is 25.7 Å². The van der Waals surface area contributed by atoms with Crippen LogP contribution in [0.4, 0.5) is 5.69 Å². The van der Waals surface area contributed by atoms with E-state index in [1.165, 1.54) is 30.6 Å². The van der Waals surface area contributed by atoms with E-state index in [1.807, 2.05) is 0 Å². The van der Waals surface area contributed by atoms with Crippen LogP contribution in [-0.2, 0) is 9.59 Å². The van der Waals surface area contributed by atoms with Crippen molar-refractivity contribution in [3.8, 4) is 11.5 Å². The van der Waals surface area contributed by atoms with Gasteiger partial charge in [-0.15, -0.1) is 0 Å². The highest BCUT2D eigenvalue weighted by molar-refractivity contribution is 6.22. The molecule has 0 spiro atoms. The molecule has 4 rings (SSSR count). The maximum Gasteiger partial charge on any atom is 0.251 e. The highest BCUT2D eigenvalue weighted by Crippen LogP contribution is 2.39. The lowest BCUT2D eigenvalue weighted by Gasteiger charge is -2.46. The van der Waals surface area contributed by atoms with E-state index in [0.717, 1.165) is 19.4 Å². The van der Waals surface area contributed by atoms with Crippen LogP contribution in [0.25, 0.3) is 0 Å². The molecule has 3 fully saturated rings. The molecule has 3 aliphatic rings. The van der Waals surface area contributed by atoms with Crippen molar-refractivity contribution in [1.29, 1.82) is 0 Å². The third-order valence-corrected chi connectivity index (χ3v) is 6.40. The van der Waals surface area contributed by atoms with Crippen molar-refractivity contribution >= 4 is 17.5 Å². The Kier molecular flexibility index (Phi) is 5.08. The standard InChI is InChI=1S/C21H28N2O4/c1-26-16-10-15(11-17(12-16)27-2)23-20(24)13-19(21(23)25)22-9-5-7-14-6-3-4-8-18(14)22/h10-12,14,18-19H,3-9,13H2,1-2H3/t14-,18+,19-/m0/s1. The molecule has 6 heteroatoms. The first-order chi connectivity index (χ1) is 13.1. The molecule has 1 aromatic rings. The topological polar surface area (TPSA) is 59.1 Å². The Bertz CT molecular complexity index is 711. The monoisotopic (exact) mass is 372 g/mol. The van der Waals surface area contributed by atoms with Gasteiger partial charge in [-0.05, 0) is 38.1 Å². The van der Waals surface area contributed by atoms with Gasteiger partial charge in [0.1, 0.15) is 11.5 Å². The van der Waals surface area contributed by atoms with Crippen LogP contribution in [0.3, 0.4) is 0 Å². The minimum atomic E-state index is -0.333. The highest BCUT2D eigenvalue weighted by Gasteiger charge is 2.47. The molecule has 2 amide bonds. The van der Waals surface area contributed by atoms with Crippen molar-refractivity contribution in [2.24, 2.45) is 5.92 Å². The number of fused-ring (bicyclic) bond motifs is 1. The molecule has 1 aliphatic carbocycles. The van der Waals surface area contributed by atoms with Gasteiger partial charge in [-0.2, -0.15) is 0 Å². The summed E-state index contributed by atoms with van der Waals surface area (Å²) in [7, 11) is 3.12. The molecule has 2 aliphatic heterocycles. The molecular formula is C21H28N2O4. The number of benzene rings is 1. The number of ether oxygens (including phenoxy) is 2. The lowest BCUT2D eigenvalue weighted by Crippen LogP contribution is -2.54. The number of imide groups is 1. The van der Waals surface area contributed by atoms with Gasteiger partial charge < -0.3 is 9.47 Å². The van der Waals surface area contributed by atoms with Crippen molar-refractivity contribution in [2.45, 2.75) is 57.0 Å². The molecule has 1 saturated carbocycles. The van der Waals surface area contributed by atoms with Crippen molar-refractivity contribution < 1.29 is 19.1 Å². The zero-order chi connectivity index (χ0) is 19.0. The molecule has 1 aromatic carbocycles. The molecule has 27 heavy (non-hydrogen) atoms. The number of piperidine rings is 1. The summed E-state index contributed by atoms with van der Waals surface area (Å²) in [6.07, 6.45) is 7.56. The number of likely N-dealkylation sites (tertiary alicyclic amines) is 1. The van der Waals surface area contributed by atoms with Crippen LogP contribution in [0.1, 0.15) is 44.9 Å². The second kappa shape index (κ2) is 7.50. The van der Waals surface area contributed by atoms with E-state index in [9.17, 15) is 9.59 Å². The summed E-state index contributed by atoms with van der Waals surface area (Å²) < 4.78 is 10.6. The number of carbonyl (C=O) groups is 2. The Morgan fingerprint density at radius 3 is 2.30 bits per heavy atom. The summed E-state index contributed by atoms with van der Waals surface area (Å²) in [6, 6.07) is 5.30. The van der Waals surface area contributed by atoms with Crippen LogP contribution in [0.5, 0.6) is 11.5 Å². The Labute approximate surface area is 160 Å².